The molecule has 1 amide bonds. The first-order valence-corrected chi connectivity index (χ1v) is 16.5. The fraction of sp³-hybridized carbons (Fsp3) is 0.848. The maximum absolute atomic E-state index is 12.1. The molecular formula is C33H58N2O8. The number of nitrogens with one attached hydrogen (secondary N) is 1. The lowest BCUT2D eigenvalue weighted by atomic mass is 9.76. The number of hydrogen-bond acceptors (Lipinski definition) is 9. The van der Waals surface area contributed by atoms with Crippen molar-refractivity contribution in [2.24, 2.45) is 11.8 Å². The van der Waals surface area contributed by atoms with Gasteiger partial charge in [-0.1, -0.05) is 26.3 Å². The second kappa shape index (κ2) is 26.1. The topological polar surface area (TPSA) is 136 Å². The van der Waals surface area contributed by atoms with E-state index in [4.69, 9.17) is 29.3 Å². The third-order valence-electron chi connectivity index (χ3n) is 7.85. The molecule has 0 aromatic rings. The molecule has 43 heavy (non-hydrogen) atoms. The van der Waals surface area contributed by atoms with Gasteiger partial charge in [0.2, 0.25) is 0 Å². The Morgan fingerprint density at radius 2 is 1.49 bits per heavy atom. The summed E-state index contributed by atoms with van der Waals surface area (Å²) in [5, 5.41) is 20.0. The summed E-state index contributed by atoms with van der Waals surface area (Å²) in [5.74, 6) is 0.956. The second-order valence-corrected chi connectivity index (χ2v) is 11.7. The van der Waals surface area contributed by atoms with Crippen LogP contribution in [0.3, 0.4) is 0 Å². The summed E-state index contributed by atoms with van der Waals surface area (Å²) < 4.78 is 26.2. The van der Waals surface area contributed by atoms with E-state index in [1.807, 2.05) is 6.26 Å². The maximum atomic E-state index is 12.1. The van der Waals surface area contributed by atoms with E-state index in [0.29, 0.717) is 18.1 Å². The standard InChI is InChI=1S/C27H48N2O5.C6H10O3/c1-2-3-15-31-16-4-5-17-32-18-6-7-19-33-27(30)29-25-13-11-23(12-14-25)20-24-9-8-10-26(21-24)34-22-28;1-5(2)6(8)9-4-3-7/h23-26H,2-21H2,1H3,(H,29,30);7H,1,3-4H2,2H3. The van der Waals surface area contributed by atoms with Crippen LogP contribution in [0.5, 0.6) is 0 Å². The Kier molecular flexibility index (Phi) is 23.5. The number of aliphatic hydroxyl groups excluding tert-OH is 1. The van der Waals surface area contributed by atoms with Crippen molar-refractivity contribution in [1.82, 2.24) is 5.32 Å². The van der Waals surface area contributed by atoms with Gasteiger partial charge in [-0.25, -0.2) is 9.59 Å². The van der Waals surface area contributed by atoms with Gasteiger partial charge in [0.25, 0.3) is 6.26 Å². The molecule has 248 valence electrons. The van der Waals surface area contributed by atoms with Crippen LogP contribution in [-0.2, 0) is 28.5 Å². The Bertz CT molecular complexity index is 779. The predicted molar refractivity (Wildman–Crippen MR) is 165 cm³/mol. The maximum Gasteiger partial charge on any atom is 0.407 e. The molecule has 0 heterocycles. The molecule has 2 N–H and O–H groups in total. The molecule has 2 fully saturated rings. The minimum atomic E-state index is -0.455. The second-order valence-electron chi connectivity index (χ2n) is 11.7. The molecule has 0 aliphatic heterocycles. The van der Waals surface area contributed by atoms with Crippen molar-refractivity contribution >= 4 is 12.1 Å². The van der Waals surface area contributed by atoms with Gasteiger partial charge in [0.05, 0.1) is 13.2 Å². The first-order valence-electron chi connectivity index (χ1n) is 16.5. The van der Waals surface area contributed by atoms with E-state index in [1.54, 1.807) is 6.92 Å². The summed E-state index contributed by atoms with van der Waals surface area (Å²) in [6.45, 7) is 10.6. The lowest BCUT2D eigenvalue weighted by molar-refractivity contribution is -0.139. The number of carbonyl (C=O) groups is 2. The van der Waals surface area contributed by atoms with Crippen LogP contribution in [-0.4, -0.2) is 75.6 Å². The zero-order valence-corrected chi connectivity index (χ0v) is 26.8. The number of rotatable bonds is 20. The van der Waals surface area contributed by atoms with Crippen LogP contribution in [0, 0.1) is 23.4 Å². The van der Waals surface area contributed by atoms with Crippen LogP contribution in [0.25, 0.3) is 0 Å². The minimum absolute atomic E-state index is 0.0473. The molecule has 0 radical (unpaired) electrons. The predicted octanol–water partition coefficient (Wildman–Crippen LogP) is 6.21. The highest BCUT2D eigenvalue weighted by atomic mass is 16.5. The zero-order valence-electron chi connectivity index (χ0n) is 26.8. The molecule has 0 aromatic carbocycles. The molecule has 10 heteroatoms. The van der Waals surface area contributed by atoms with Gasteiger partial charge in [0.15, 0.2) is 0 Å². The number of unbranched alkanes of at least 4 members (excludes halogenated alkanes) is 3. The Morgan fingerprint density at radius 1 is 0.860 bits per heavy atom. The summed E-state index contributed by atoms with van der Waals surface area (Å²) in [5.41, 5.74) is 0.350. The van der Waals surface area contributed by atoms with Gasteiger partial charge in [-0.3, -0.25) is 0 Å². The van der Waals surface area contributed by atoms with E-state index in [0.717, 1.165) is 103 Å². The van der Waals surface area contributed by atoms with Crippen molar-refractivity contribution in [3.63, 3.8) is 0 Å². The summed E-state index contributed by atoms with van der Waals surface area (Å²) in [4.78, 5) is 22.6. The highest BCUT2D eigenvalue weighted by molar-refractivity contribution is 5.86. The first-order chi connectivity index (χ1) is 20.9. The quantitative estimate of drug-likeness (QED) is 0.0713. The smallest absolute Gasteiger partial charge is 0.407 e. The first kappa shape index (κ1) is 38.7. The van der Waals surface area contributed by atoms with Gasteiger partial charge in [0.1, 0.15) is 12.7 Å². The van der Waals surface area contributed by atoms with Crippen LogP contribution in [0.1, 0.15) is 110 Å². The van der Waals surface area contributed by atoms with E-state index in [-0.39, 0.29) is 31.5 Å². The van der Waals surface area contributed by atoms with Crippen molar-refractivity contribution in [1.29, 1.82) is 5.26 Å². The van der Waals surface area contributed by atoms with Gasteiger partial charge < -0.3 is 34.1 Å². The van der Waals surface area contributed by atoms with Gasteiger partial charge in [-0.2, -0.15) is 5.26 Å². The molecule has 0 aromatic heterocycles. The van der Waals surface area contributed by atoms with Gasteiger partial charge in [-0.05, 0) is 102 Å². The van der Waals surface area contributed by atoms with E-state index in [2.05, 4.69) is 23.6 Å². The van der Waals surface area contributed by atoms with E-state index in [9.17, 15) is 9.59 Å². The fourth-order valence-electron chi connectivity index (χ4n) is 5.45. The lowest BCUT2D eigenvalue weighted by Gasteiger charge is -2.33. The van der Waals surface area contributed by atoms with E-state index >= 15 is 0 Å². The van der Waals surface area contributed by atoms with Crippen LogP contribution in [0.4, 0.5) is 4.79 Å². The summed E-state index contributed by atoms with van der Waals surface area (Å²) >= 11 is 0. The number of alkyl carbamates (subject to hydrolysis) is 1. The largest absolute Gasteiger partial charge is 0.460 e. The molecule has 2 rings (SSSR count). The number of carbonyl (C=O) groups excluding carboxylic acids is 2. The average molecular weight is 611 g/mol. The van der Waals surface area contributed by atoms with Crippen LogP contribution in [0.15, 0.2) is 12.2 Å². The van der Waals surface area contributed by atoms with Crippen molar-refractivity contribution < 1.29 is 38.4 Å². The van der Waals surface area contributed by atoms with Crippen molar-refractivity contribution in [3.8, 4) is 6.26 Å². The number of esters is 1. The highest BCUT2D eigenvalue weighted by Crippen LogP contribution is 2.36. The molecule has 2 aliphatic rings. The number of hydrogen-bond donors (Lipinski definition) is 2. The van der Waals surface area contributed by atoms with Crippen molar-refractivity contribution in [2.45, 2.75) is 122 Å². The van der Waals surface area contributed by atoms with Gasteiger partial charge >= 0.3 is 12.1 Å². The Morgan fingerprint density at radius 3 is 2.07 bits per heavy atom. The molecular weight excluding hydrogens is 552 g/mol. The minimum Gasteiger partial charge on any atom is -0.460 e. The monoisotopic (exact) mass is 610 g/mol. The SMILES string of the molecule is C=C(C)C(=O)OCCO.CCCCOCCCCOCCCCOC(=O)NC1CCC(CC2CCCC(OC#N)C2)CC1. The molecule has 2 saturated carbocycles. The fourth-order valence-corrected chi connectivity index (χ4v) is 5.45. The zero-order chi connectivity index (χ0) is 31.5. The molecule has 0 spiro atoms. The van der Waals surface area contributed by atoms with E-state index < -0.39 is 5.97 Å². The molecule has 2 aliphatic carbocycles. The summed E-state index contributed by atoms with van der Waals surface area (Å²) in [7, 11) is 0. The average Bonchev–Trinajstić information content (AvgIpc) is 3.00. The molecule has 2 atom stereocenters. The molecule has 2 unspecified atom stereocenters. The summed E-state index contributed by atoms with van der Waals surface area (Å²) in [6, 6.07) is 0.235. The highest BCUT2D eigenvalue weighted by Gasteiger charge is 2.28. The third kappa shape index (κ3) is 21.1. The van der Waals surface area contributed by atoms with Gasteiger partial charge in [-0.15, -0.1) is 0 Å². The third-order valence-corrected chi connectivity index (χ3v) is 7.85. The Labute approximate surface area is 259 Å². The molecule has 0 saturated heterocycles. The van der Waals surface area contributed by atoms with E-state index in [1.165, 1.54) is 25.7 Å². The Hall–Kier alpha value is -2.35. The van der Waals surface area contributed by atoms with Crippen molar-refractivity contribution in [3.05, 3.63) is 12.2 Å². The van der Waals surface area contributed by atoms with Gasteiger partial charge in [0, 0.05) is 38.0 Å². The van der Waals surface area contributed by atoms with Crippen molar-refractivity contribution in [2.75, 3.05) is 46.2 Å². The summed E-state index contributed by atoms with van der Waals surface area (Å²) in [6.07, 6.45) is 17.9. The Balaban J connectivity index is 0.000000887. The number of amides is 1. The normalized spacial score (nSPS) is 21.4. The van der Waals surface area contributed by atoms with Crippen LogP contribution >= 0.6 is 0 Å². The number of nitriles is 1. The molecule has 0 bridgehead atoms. The number of aliphatic hydroxyl groups is 1. The van der Waals surface area contributed by atoms with Crippen LogP contribution < -0.4 is 5.32 Å². The lowest BCUT2D eigenvalue weighted by Crippen LogP contribution is -2.38. The van der Waals surface area contributed by atoms with Crippen LogP contribution in [0.2, 0.25) is 0 Å². The number of ether oxygens (including phenoxy) is 5. The molecule has 10 nitrogen and oxygen atoms in total. The number of nitrogens with zero attached hydrogens (tertiary/aromatic N) is 1.